The van der Waals surface area contributed by atoms with Crippen molar-refractivity contribution in [1.29, 1.82) is 0 Å². The number of carbonyl (C=O) groups excluding carboxylic acids is 1. The first-order valence-electron chi connectivity index (χ1n) is 7.37. The highest BCUT2D eigenvalue weighted by Gasteiger charge is 2.30. The molecule has 1 amide bonds. The predicted octanol–water partition coefficient (Wildman–Crippen LogP) is 2.74. The first kappa shape index (κ1) is 16.6. The van der Waals surface area contributed by atoms with E-state index in [9.17, 15) is 9.59 Å². The molecule has 0 aromatic heterocycles. The zero-order chi connectivity index (χ0) is 16.1. The normalized spacial score (nSPS) is 17.5. The second kappa shape index (κ2) is 7.49. The van der Waals surface area contributed by atoms with Crippen LogP contribution in [0.5, 0.6) is 5.75 Å². The molecule has 1 aliphatic heterocycles. The van der Waals surface area contributed by atoms with Crippen LogP contribution in [0.25, 0.3) is 0 Å². The van der Waals surface area contributed by atoms with Crippen LogP contribution in [0.15, 0.2) is 18.2 Å². The van der Waals surface area contributed by atoms with Gasteiger partial charge in [0.25, 0.3) is 0 Å². The van der Waals surface area contributed by atoms with Crippen LogP contribution in [0.1, 0.15) is 24.8 Å². The van der Waals surface area contributed by atoms with Crippen LogP contribution < -0.4 is 4.74 Å². The van der Waals surface area contributed by atoms with E-state index in [-0.39, 0.29) is 5.91 Å². The third kappa shape index (κ3) is 4.37. The number of nitrogens with zero attached hydrogens (tertiary/aromatic N) is 1. The number of halogens is 1. The molecule has 1 aromatic rings. The van der Waals surface area contributed by atoms with Crippen molar-refractivity contribution in [2.75, 3.05) is 19.7 Å². The van der Waals surface area contributed by atoms with Crippen LogP contribution in [-0.2, 0) is 9.59 Å². The van der Waals surface area contributed by atoms with Crippen molar-refractivity contribution in [3.63, 3.8) is 0 Å². The van der Waals surface area contributed by atoms with E-state index in [2.05, 4.69) is 0 Å². The fourth-order valence-electron chi connectivity index (χ4n) is 2.47. The van der Waals surface area contributed by atoms with Gasteiger partial charge in [-0.2, -0.15) is 0 Å². The molecule has 0 radical (unpaired) electrons. The van der Waals surface area contributed by atoms with E-state index in [4.69, 9.17) is 21.4 Å². The molecule has 1 aromatic carbocycles. The number of carboxylic acid groups (broad SMARTS) is 1. The molecule has 0 spiro atoms. The zero-order valence-corrected chi connectivity index (χ0v) is 13.3. The molecule has 1 saturated heterocycles. The van der Waals surface area contributed by atoms with Gasteiger partial charge in [0.05, 0.1) is 12.5 Å². The lowest BCUT2D eigenvalue weighted by Gasteiger charge is -2.15. The number of hydrogen-bond donors (Lipinski definition) is 1. The van der Waals surface area contributed by atoms with Crippen molar-refractivity contribution < 1.29 is 19.4 Å². The number of benzene rings is 1. The Morgan fingerprint density at radius 1 is 1.45 bits per heavy atom. The van der Waals surface area contributed by atoms with Crippen molar-refractivity contribution in [3.05, 3.63) is 28.8 Å². The second-order valence-electron chi connectivity index (χ2n) is 5.53. The van der Waals surface area contributed by atoms with Crippen LogP contribution in [0, 0.1) is 12.8 Å². The van der Waals surface area contributed by atoms with E-state index in [1.54, 1.807) is 17.0 Å². The average Bonchev–Trinajstić information content (AvgIpc) is 2.97. The number of carbonyl (C=O) groups is 2. The zero-order valence-electron chi connectivity index (χ0n) is 12.5. The highest BCUT2D eigenvalue weighted by molar-refractivity contribution is 6.31. The molecule has 0 aliphatic carbocycles. The largest absolute Gasteiger partial charge is 0.494 e. The Bertz CT molecular complexity index is 561. The lowest BCUT2D eigenvalue weighted by atomic mass is 10.1. The summed E-state index contributed by atoms with van der Waals surface area (Å²) in [5, 5.41) is 9.63. The Morgan fingerprint density at radius 3 is 2.86 bits per heavy atom. The van der Waals surface area contributed by atoms with Crippen molar-refractivity contribution in [1.82, 2.24) is 4.90 Å². The summed E-state index contributed by atoms with van der Waals surface area (Å²) in [6.07, 6.45) is 1.52. The summed E-state index contributed by atoms with van der Waals surface area (Å²) in [5.74, 6) is -0.505. The minimum Gasteiger partial charge on any atom is -0.494 e. The molecule has 1 atom stereocenters. The maximum Gasteiger partial charge on any atom is 0.308 e. The Morgan fingerprint density at radius 2 is 2.23 bits per heavy atom. The summed E-state index contributed by atoms with van der Waals surface area (Å²) < 4.78 is 5.59. The third-order valence-corrected chi connectivity index (χ3v) is 4.25. The Kier molecular flexibility index (Phi) is 5.66. The van der Waals surface area contributed by atoms with Gasteiger partial charge in [0, 0.05) is 24.5 Å². The number of hydrogen-bond acceptors (Lipinski definition) is 3. The van der Waals surface area contributed by atoms with Crippen molar-refractivity contribution in [2.24, 2.45) is 5.92 Å². The SMILES string of the molecule is Cc1cc(OCCCC(=O)N2CCC(C(=O)O)C2)ccc1Cl. The van der Waals surface area contributed by atoms with Crippen LogP contribution >= 0.6 is 11.6 Å². The number of likely N-dealkylation sites (tertiary alicyclic amines) is 1. The average molecular weight is 326 g/mol. The number of carboxylic acids is 1. The first-order valence-corrected chi connectivity index (χ1v) is 7.74. The molecule has 1 fully saturated rings. The van der Waals surface area contributed by atoms with E-state index in [0.717, 1.165) is 11.3 Å². The topological polar surface area (TPSA) is 66.8 Å². The van der Waals surface area contributed by atoms with E-state index in [1.807, 2.05) is 13.0 Å². The molecule has 0 bridgehead atoms. The lowest BCUT2D eigenvalue weighted by Crippen LogP contribution is -2.30. The lowest BCUT2D eigenvalue weighted by molar-refractivity contribution is -0.141. The van der Waals surface area contributed by atoms with Gasteiger partial charge in [-0.3, -0.25) is 9.59 Å². The molecular formula is C16H20ClNO4. The molecule has 1 heterocycles. The Balaban J connectivity index is 1.69. The van der Waals surface area contributed by atoms with Gasteiger partial charge in [-0.15, -0.1) is 0 Å². The van der Waals surface area contributed by atoms with Crippen LogP contribution in [-0.4, -0.2) is 41.6 Å². The van der Waals surface area contributed by atoms with Crippen LogP contribution in [0.3, 0.4) is 0 Å². The van der Waals surface area contributed by atoms with Crippen molar-refractivity contribution >= 4 is 23.5 Å². The highest BCUT2D eigenvalue weighted by atomic mass is 35.5. The maximum atomic E-state index is 12.0. The van der Waals surface area contributed by atoms with Crippen LogP contribution in [0.2, 0.25) is 5.02 Å². The van der Waals surface area contributed by atoms with Gasteiger partial charge in [-0.1, -0.05) is 11.6 Å². The fraction of sp³-hybridized carbons (Fsp3) is 0.500. The number of aliphatic carboxylic acids is 1. The summed E-state index contributed by atoms with van der Waals surface area (Å²) in [5.41, 5.74) is 0.951. The summed E-state index contributed by atoms with van der Waals surface area (Å²) in [6.45, 7) is 3.21. The first-order chi connectivity index (χ1) is 10.5. The number of amides is 1. The number of ether oxygens (including phenoxy) is 1. The molecule has 120 valence electrons. The highest BCUT2D eigenvalue weighted by Crippen LogP contribution is 2.21. The van der Waals surface area contributed by atoms with Gasteiger partial charge in [0.15, 0.2) is 0 Å². The van der Waals surface area contributed by atoms with E-state index in [1.165, 1.54) is 0 Å². The van der Waals surface area contributed by atoms with Gasteiger partial charge >= 0.3 is 5.97 Å². The second-order valence-corrected chi connectivity index (χ2v) is 5.93. The van der Waals surface area contributed by atoms with Crippen LogP contribution in [0.4, 0.5) is 0 Å². The number of aryl methyl sites for hydroxylation is 1. The molecule has 5 nitrogen and oxygen atoms in total. The van der Waals surface area contributed by atoms with Gasteiger partial charge in [0.2, 0.25) is 5.91 Å². The number of rotatable bonds is 6. The minimum absolute atomic E-state index is 0.000336. The van der Waals surface area contributed by atoms with Gasteiger partial charge in [-0.25, -0.2) is 0 Å². The van der Waals surface area contributed by atoms with Crippen molar-refractivity contribution in [3.8, 4) is 5.75 Å². The monoisotopic (exact) mass is 325 g/mol. The van der Waals surface area contributed by atoms with Crippen molar-refractivity contribution in [2.45, 2.75) is 26.2 Å². The molecule has 2 rings (SSSR count). The van der Waals surface area contributed by atoms with E-state index < -0.39 is 11.9 Å². The molecule has 1 aliphatic rings. The van der Waals surface area contributed by atoms with E-state index >= 15 is 0 Å². The maximum absolute atomic E-state index is 12.0. The minimum atomic E-state index is -0.822. The van der Waals surface area contributed by atoms with Gasteiger partial charge < -0.3 is 14.7 Å². The molecular weight excluding hydrogens is 306 g/mol. The Labute approximate surface area is 134 Å². The molecule has 6 heteroatoms. The smallest absolute Gasteiger partial charge is 0.308 e. The molecule has 1 N–H and O–H groups in total. The summed E-state index contributed by atoms with van der Waals surface area (Å²) in [6, 6.07) is 5.45. The van der Waals surface area contributed by atoms with Gasteiger partial charge in [0.1, 0.15) is 5.75 Å². The predicted molar refractivity (Wildman–Crippen MR) is 83.2 cm³/mol. The summed E-state index contributed by atoms with van der Waals surface area (Å²) >= 11 is 5.94. The fourth-order valence-corrected chi connectivity index (χ4v) is 2.58. The molecule has 1 unspecified atom stereocenters. The summed E-state index contributed by atoms with van der Waals surface area (Å²) in [4.78, 5) is 24.5. The Hall–Kier alpha value is -1.75. The third-order valence-electron chi connectivity index (χ3n) is 3.82. The summed E-state index contributed by atoms with van der Waals surface area (Å²) in [7, 11) is 0. The quantitative estimate of drug-likeness (QED) is 0.817. The standard InChI is InChI=1S/C16H20ClNO4/c1-11-9-13(4-5-14(11)17)22-8-2-3-15(19)18-7-6-12(10-18)16(20)21/h4-5,9,12H,2-3,6-8,10H2,1H3,(H,20,21). The van der Waals surface area contributed by atoms with Gasteiger partial charge in [-0.05, 0) is 43.5 Å². The molecule has 22 heavy (non-hydrogen) atoms. The molecule has 0 saturated carbocycles. The van der Waals surface area contributed by atoms with E-state index in [0.29, 0.717) is 44.0 Å².